The van der Waals surface area contributed by atoms with E-state index < -0.39 is 18.1 Å². The Morgan fingerprint density at radius 2 is 2.05 bits per heavy atom. The van der Waals surface area contributed by atoms with Crippen molar-refractivity contribution in [1.29, 1.82) is 0 Å². The third kappa shape index (κ3) is 3.81. The number of aliphatic carboxylic acids is 1. The number of allylic oxidation sites excluding steroid dienone is 1. The second-order valence-electron chi connectivity index (χ2n) is 6.94. The zero-order chi connectivity index (χ0) is 16.2. The van der Waals surface area contributed by atoms with E-state index in [2.05, 4.69) is 18.8 Å². The van der Waals surface area contributed by atoms with Gasteiger partial charge in [0.2, 0.25) is 0 Å². The summed E-state index contributed by atoms with van der Waals surface area (Å²) in [5.74, 6) is -0.947. The molecule has 2 fully saturated rings. The number of ether oxygens (including phenoxy) is 1. The van der Waals surface area contributed by atoms with E-state index in [4.69, 9.17) is 4.74 Å². The van der Waals surface area contributed by atoms with Gasteiger partial charge in [-0.05, 0) is 44.4 Å². The Labute approximate surface area is 132 Å². The van der Waals surface area contributed by atoms with E-state index in [1.54, 1.807) is 0 Å². The summed E-state index contributed by atoms with van der Waals surface area (Å²) in [6, 6.07) is -0.831. The van der Waals surface area contributed by atoms with Crippen molar-refractivity contribution in [1.82, 2.24) is 5.32 Å². The zero-order valence-electron chi connectivity index (χ0n) is 13.3. The minimum atomic E-state index is -0.968. The van der Waals surface area contributed by atoms with Crippen LogP contribution in [0.1, 0.15) is 58.3 Å². The first-order valence-corrected chi connectivity index (χ1v) is 8.27. The van der Waals surface area contributed by atoms with Crippen molar-refractivity contribution in [2.24, 2.45) is 11.3 Å². The van der Waals surface area contributed by atoms with E-state index in [9.17, 15) is 14.7 Å². The Bertz CT molecular complexity index is 430. The number of hydrogen-bond donors (Lipinski definition) is 2. The molecule has 2 saturated carbocycles. The SMILES string of the molecule is C=CC[C@]1(C)CCC[C@H]1OC(=O)N[C@H](C(=O)O)C1CCCC1. The lowest BCUT2D eigenvalue weighted by Gasteiger charge is -2.31. The van der Waals surface area contributed by atoms with Gasteiger partial charge in [0.15, 0.2) is 0 Å². The zero-order valence-corrected chi connectivity index (χ0v) is 13.3. The van der Waals surface area contributed by atoms with Gasteiger partial charge in [-0.3, -0.25) is 0 Å². The fraction of sp³-hybridized carbons (Fsp3) is 0.765. The molecule has 0 aromatic rings. The third-order valence-corrected chi connectivity index (χ3v) is 5.26. The molecule has 0 aromatic carbocycles. The van der Waals surface area contributed by atoms with Crippen molar-refractivity contribution in [3.8, 4) is 0 Å². The number of amides is 1. The van der Waals surface area contributed by atoms with E-state index in [1.165, 1.54) is 0 Å². The Morgan fingerprint density at radius 3 is 2.64 bits per heavy atom. The first kappa shape index (κ1) is 16.8. The van der Waals surface area contributed by atoms with Crippen LogP contribution in [0.15, 0.2) is 12.7 Å². The predicted molar refractivity (Wildman–Crippen MR) is 83.6 cm³/mol. The highest BCUT2D eigenvalue weighted by Gasteiger charge is 2.41. The van der Waals surface area contributed by atoms with Gasteiger partial charge >= 0.3 is 12.1 Å². The van der Waals surface area contributed by atoms with Crippen molar-refractivity contribution in [2.75, 3.05) is 0 Å². The standard InChI is InChI=1S/C17H27NO4/c1-3-10-17(2)11-6-9-13(17)22-16(21)18-14(15(19)20)12-7-4-5-8-12/h3,12-14H,1,4-11H2,2H3,(H,18,21)(H,19,20)/t13-,14+,17-/m1/s1. The molecule has 0 spiro atoms. The lowest BCUT2D eigenvalue weighted by molar-refractivity contribution is -0.140. The molecule has 0 radical (unpaired) electrons. The number of carboxylic acids is 1. The fourth-order valence-electron chi connectivity index (χ4n) is 3.93. The minimum Gasteiger partial charge on any atom is -0.480 e. The van der Waals surface area contributed by atoms with Gasteiger partial charge in [-0.25, -0.2) is 9.59 Å². The monoisotopic (exact) mass is 309 g/mol. The number of carboxylic acid groups (broad SMARTS) is 1. The average molecular weight is 309 g/mol. The number of carbonyl (C=O) groups is 2. The van der Waals surface area contributed by atoms with Crippen LogP contribution in [0.25, 0.3) is 0 Å². The molecule has 2 rings (SSSR count). The van der Waals surface area contributed by atoms with Gasteiger partial charge < -0.3 is 15.2 Å². The highest BCUT2D eigenvalue weighted by atomic mass is 16.6. The highest BCUT2D eigenvalue weighted by Crippen LogP contribution is 2.43. The summed E-state index contributed by atoms with van der Waals surface area (Å²) in [7, 11) is 0. The quantitative estimate of drug-likeness (QED) is 0.736. The summed E-state index contributed by atoms with van der Waals surface area (Å²) in [5.41, 5.74) is -0.0782. The molecule has 5 nitrogen and oxygen atoms in total. The van der Waals surface area contributed by atoms with E-state index in [0.29, 0.717) is 0 Å². The molecule has 0 bridgehead atoms. The highest BCUT2D eigenvalue weighted by molar-refractivity contribution is 5.80. The summed E-state index contributed by atoms with van der Waals surface area (Å²) >= 11 is 0. The largest absolute Gasteiger partial charge is 0.480 e. The first-order valence-electron chi connectivity index (χ1n) is 8.27. The van der Waals surface area contributed by atoms with E-state index >= 15 is 0 Å². The second-order valence-corrected chi connectivity index (χ2v) is 6.94. The average Bonchev–Trinajstić information content (AvgIpc) is 3.07. The van der Waals surface area contributed by atoms with Crippen molar-refractivity contribution in [2.45, 2.75) is 70.4 Å². The molecule has 2 N–H and O–H groups in total. The smallest absolute Gasteiger partial charge is 0.408 e. The van der Waals surface area contributed by atoms with E-state index in [0.717, 1.165) is 51.4 Å². The van der Waals surface area contributed by atoms with E-state index in [-0.39, 0.29) is 17.4 Å². The van der Waals surface area contributed by atoms with Crippen LogP contribution in [0.4, 0.5) is 4.79 Å². The van der Waals surface area contributed by atoms with Crippen LogP contribution < -0.4 is 5.32 Å². The van der Waals surface area contributed by atoms with Crippen LogP contribution in [0.2, 0.25) is 0 Å². The summed E-state index contributed by atoms with van der Waals surface area (Å²) in [5, 5.41) is 11.9. The molecule has 1 amide bonds. The van der Waals surface area contributed by atoms with Crippen LogP contribution in [-0.2, 0) is 9.53 Å². The van der Waals surface area contributed by atoms with Gasteiger partial charge in [0.1, 0.15) is 12.1 Å². The van der Waals surface area contributed by atoms with Crippen molar-refractivity contribution in [3.63, 3.8) is 0 Å². The Kier molecular flexibility index (Phi) is 5.48. The van der Waals surface area contributed by atoms with Crippen LogP contribution in [0.3, 0.4) is 0 Å². The maximum Gasteiger partial charge on any atom is 0.408 e. The normalized spacial score (nSPS) is 30.0. The molecule has 0 heterocycles. The Hall–Kier alpha value is -1.52. The summed E-state index contributed by atoms with van der Waals surface area (Å²) in [6.45, 7) is 5.88. The number of rotatable bonds is 6. The molecule has 0 aromatic heterocycles. The van der Waals surface area contributed by atoms with Gasteiger partial charge in [0.05, 0.1) is 0 Å². The molecular formula is C17H27NO4. The topological polar surface area (TPSA) is 75.6 Å². The minimum absolute atomic E-state index is 0.0215. The molecule has 0 saturated heterocycles. The van der Waals surface area contributed by atoms with Crippen molar-refractivity contribution >= 4 is 12.1 Å². The Balaban J connectivity index is 1.93. The van der Waals surface area contributed by atoms with Crippen molar-refractivity contribution < 1.29 is 19.4 Å². The Morgan fingerprint density at radius 1 is 1.36 bits per heavy atom. The lowest BCUT2D eigenvalue weighted by Crippen LogP contribution is -2.47. The molecule has 2 aliphatic rings. The van der Waals surface area contributed by atoms with Crippen molar-refractivity contribution in [3.05, 3.63) is 12.7 Å². The summed E-state index contributed by atoms with van der Waals surface area (Å²) < 4.78 is 5.56. The molecule has 0 unspecified atom stereocenters. The molecule has 3 atom stereocenters. The lowest BCUT2D eigenvalue weighted by atomic mass is 9.83. The second kappa shape index (κ2) is 7.16. The van der Waals surface area contributed by atoms with Gasteiger partial charge in [-0.15, -0.1) is 6.58 Å². The van der Waals surface area contributed by atoms with Gasteiger partial charge in [0.25, 0.3) is 0 Å². The molecule has 124 valence electrons. The van der Waals surface area contributed by atoms with E-state index in [1.807, 2.05) is 6.08 Å². The molecule has 22 heavy (non-hydrogen) atoms. The summed E-state index contributed by atoms with van der Waals surface area (Å²) in [4.78, 5) is 23.5. The summed E-state index contributed by atoms with van der Waals surface area (Å²) in [6.07, 6.45) is 8.53. The maximum absolute atomic E-state index is 12.1. The van der Waals surface area contributed by atoms with Crippen LogP contribution in [0, 0.1) is 11.3 Å². The fourth-order valence-corrected chi connectivity index (χ4v) is 3.93. The van der Waals surface area contributed by atoms with Gasteiger partial charge in [0, 0.05) is 5.41 Å². The maximum atomic E-state index is 12.1. The number of hydrogen-bond acceptors (Lipinski definition) is 3. The number of nitrogens with one attached hydrogen (secondary N) is 1. The predicted octanol–water partition coefficient (Wildman–Crippen LogP) is 3.49. The number of alkyl carbamates (subject to hydrolysis) is 1. The molecule has 2 aliphatic carbocycles. The number of carbonyl (C=O) groups excluding carboxylic acids is 1. The third-order valence-electron chi connectivity index (χ3n) is 5.26. The molecular weight excluding hydrogens is 282 g/mol. The van der Waals surface area contributed by atoms with Crippen LogP contribution in [0.5, 0.6) is 0 Å². The molecule has 5 heteroatoms. The first-order chi connectivity index (χ1) is 10.5. The van der Waals surface area contributed by atoms with Gasteiger partial charge in [-0.2, -0.15) is 0 Å². The van der Waals surface area contributed by atoms with Gasteiger partial charge in [-0.1, -0.05) is 25.8 Å². The van der Waals surface area contributed by atoms with Crippen LogP contribution in [-0.4, -0.2) is 29.3 Å². The molecule has 0 aliphatic heterocycles. The van der Waals surface area contributed by atoms with Crippen LogP contribution >= 0.6 is 0 Å².